The lowest BCUT2D eigenvalue weighted by molar-refractivity contribution is 1.18. The molecule has 12 aromatic carbocycles. The van der Waals surface area contributed by atoms with Gasteiger partial charge in [0, 0.05) is 33.4 Å². The van der Waals surface area contributed by atoms with Gasteiger partial charge < -0.3 is 9.47 Å². The number of anilines is 3. The van der Waals surface area contributed by atoms with E-state index in [4.69, 9.17) is 0 Å². The minimum atomic E-state index is 1.09. The van der Waals surface area contributed by atoms with Crippen LogP contribution in [-0.2, 0) is 0 Å². The Morgan fingerprint density at radius 3 is 1.06 bits per heavy atom. The first-order valence-corrected chi connectivity index (χ1v) is 24.7. The van der Waals surface area contributed by atoms with Crippen molar-refractivity contribution in [2.24, 2.45) is 0 Å². The molecule has 13 rings (SSSR count). The predicted octanol–water partition coefficient (Wildman–Crippen LogP) is 19.4. The lowest BCUT2D eigenvalue weighted by Gasteiger charge is -2.26. The van der Waals surface area contributed by atoms with E-state index in [1.54, 1.807) is 0 Å². The van der Waals surface area contributed by atoms with Crippen LogP contribution in [0.1, 0.15) is 0 Å². The second-order valence-electron chi connectivity index (χ2n) is 18.5. The fourth-order valence-corrected chi connectivity index (χ4v) is 10.5. The summed E-state index contributed by atoms with van der Waals surface area (Å²) < 4.78 is 2.45. The van der Waals surface area contributed by atoms with Crippen LogP contribution in [0.5, 0.6) is 0 Å². The Balaban J connectivity index is 0.831. The molecule has 0 N–H and O–H groups in total. The molecule has 13 aromatic rings. The second-order valence-corrected chi connectivity index (χ2v) is 18.5. The van der Waals surface area contributed by atoms with Gasteiger partial charge >= 0.3 is 0 Å². The Hall–Kier alpha value is -9.50. The van der Waals surface area contributed by atoms with E-state index in [2.05, 4.69) is 301 Å². The zero-order chi connectivity index (χ0) is 47.8. The highest BCUT2D eigenvalue weighted by Crippen LogP contribution is 2.42. The zero-order valence-electron chi connectivity index (χ0n) is 39.6. The Bertz CT molecular complexity index is 3930. The summed E-state index contributed by atoms with van der Waals surface area (Å²) in [6, 6.07) is 106. The molecule has 72 heavy (non-hydrogen) atoms. The van der Waals surface area contributed by atoms with Crippen molar-refractivity contribution in [3.05, 3.63) is 291 Å². The second kappa shape index (κ2) is 18.4. The van der Waals surface area contributed by atoms with Gasteiger partial charge in [0.25, 0.3) is 0 Å². The number of hydrogen-bond donors (Lipinski definition) is 0. The molecule has 0 fully saturated rings. The molecule has 2 nitrogen and oxygen atoms in total. The maximum Gasteiger partial charge on any atom is 0.0541 e. The van der Waals surface area contributed by atoms with Crippen molar-refractivity contribution in [1.82, 2.24) is 4.57 Å². The molecule has 0 aliphatic carbocycles. The summed E-state index contributed by atoms with van der Waals surface area (Å²) in [5.74, 6) is 0. The van der Waals surface area contributed by atoms with E-state index < -0.39 is 0 Å². The van der Waals surface area contributed by atoms with E-state index in [1.165, 1.54) is 93.8 Å². The minimum Gasteiger partial charge on any atom is -0.310 e. The Labute approximate surface area is 420 Å². The van der Waals surface area contributed by atoms with E-state index in [0.29, 0.717) is 0 Å². The van der Waals surface area contributed by atoms with Gasteiger partial charge in [-0.05, 0) is 139 Å². The summed E-state index contributed by atoms with van der Waals surface area (Å²) in [4.78, 5) is 2.36. The van der Waals surface area contributed by atoms with Crippen molar-refractivity contribution in [3.8, 4) is 72.4 Å². The van der Waals surface area contributed by atoms with Crippen LogP contribution in [0.3, 0.4) is 0 Å². The predicted molar refractivity (Wildman–Crippen MR) is 306 cm³/mol. The number of hydrogen-bond acceptors (Lipinski definition) is 1. The van der Waals surface area contributed by atoms with Crippen LogP contribution < -0.4 is 4.90 Å². The van der Waals surface area contributed by atoms with Crippen molar-refractivity contribution in [3.63, 3.8) is 0 Å². The van der Waals surface area contributed by atoms with Crippen LogP contribution in [0.2, 0.25) is 0 Å². The Kier molecular flexibility index (Phi) is 10.9. The minimum absolute atomic E-state index is 1.09. The molecule has 338 valence electrons. The molecule has 0 bridgehead atoms. The van der Waals surface area contributed by atoms with Crippen molar-refractivity contribution >= 4 is 49.6 Å². The highest BCUT2D eigenvalue weighted by Gasteiger charge is 2.19. The number of rotatable bonds is 10. The topological polar surface area (TPSA) is 8.17 Å². The van der Waals surface area contributed by atoms with E-state index in [-0.39, 0.29) is 0 Å². The first kappa shape index (κ1) is 42.6. The number of para-hydroxylation sites is 1. The van der Waals surface area contributed by atoms with Crippen LogP contribution in [0.4, 0.5) is 17.1 Å². The number of benzene rings is 12. The van der Waals surface area contributed by atoms with E-state index in [9.17, 15) is 0 Å². The average Bonchev–Trinajstić information content (AvgIpc) is 3.79. The molecule has 0 amide bonds. The quantitative estimate of drug-likeness (QED) is 0.133. The van der Waals surface area contributed by atoms with Gasteiger partial charge in [0.2, 0.25) is 0 Å². The Morgan fingerprint density at radius 1 is 0.222 bits per heavy atom. The van der Waals surface area contributed by atoms with Gasteiger partial charge in [0.15, 0.2) is 0 Å². The van der Waals surface area contributed by atoms with Crippen LogP contribution >= 0.6 is 0 Å². The van der Waals surface area contributed by atoms with Gasteiger partial charge in [-0.3, -0.25) is 0 Å². The normalized spacial score (nSPS) is 11.3. The van der Waals surface area contributed by atoms with Crippen molar-refractivity contribution < 1.29 is 0 Å². The standard InChI is InChI=1S/C70H48N2/c1-4-14-49(15-5-1)53-24-26-54(27-25-53)56-32-39-62(40-33-56)71(64-43-36-52-20-10-11-21-59(52)46-64)63-41-34-57(35-42-63)55-28-30-58(31-29-55)65-22-12-13-23-68(65)72-69-44-37-60(50-16-6-2-7-17-50)47-66(69)67-48-61(38-45-70(67)72)51-18-8-3-9-19-51/h1-48H. The number of aromatic nitrogens is 1. The molecule has 0 atom stereocenters. The molecule has 1 heterocycles. The van der Waals surface area contributed by atoms with E-state index in [1.807, 2.05) is 0 Å². The molecule has 0 aliphatic heterocycles. The average molecular weight is 917 g/mol. The SMILES string of the molecule is c1ccc(-c2ccc(-c3ccc(N(c4ccc(-c5ccc(-c6ccccc6-n6c7ccc(-c8ccccc8)cc7c7cc(-c8ccccc8)ccc76)cc5)cc4)c4ccc5ccccc5c4)cc3)cc2)cc1. The highest BCUT2D eigenvalue weighted by molar-refractivity contribution is 6.12. The third-order valence-electron chi connectivity index (χ3n) is 14.2. The number of fused-ring (bicyclic) bond motifs is 4. The van der Waals surface area contributed by atoms with Gasteiger partial charge in [0.05, 0.1) is 16.7 Å². The van der Waals surface area contributed by atoms with Crippen molar-refractivity contribution in [1.29, 1.82) is 0 Å². The lowest BCUT2D eigenvalue weighted by Crippen LogP contribution is -2.09. The monoisotopic (exact) mass is 916 g/mol. The fourth-order valence-electron chi connectivity index (χ4n) is 10.5. The largest absolute Gasteiger partial charge is 0.310 e. The summed E-state index contributed by atoms with van der Waals surface area (Å²) in [5, 5.41) is 4.90. The first-order valence-electron chi connectivity index (χ1n) is 24.7. The Morgan fingerprint density at radius 2 is 0.569 bits per heavy atom. The van der Waals surface area contributed by atoms with E-state index >= 15 is 0 Å². The third kappa shape index (κ3) is 8.01. The summed E-state index contributed by atoms with van der Waals surface area (Å²) in [5.41, 5.74) is 21.2. The fraction of sp³-hybridized carbons (Fsp3) is 0. The number of nitrogens with zero attached hydrogens (tertiary/aromatic N) is 2. The summed E-state index contributed by atoms with van der Waals surface area (Å²) in [7, 11) is 0. The molecule has 0 unspecified atom stereocenters. The molecule has 0 spiro atoms. The molecule has 0 aliphatic rings. The van der Waals surface area contributed by atoms with Crippen molar-refractivity contribution in [2.45, 2.75) is 0 Å². The highest BCUT2D eigenvalue weighted by atomic mass is 15.1. The van der Waals surface area contributed by atoms with Gasteiger partial charge in [0.1, 0.15) is 0 Å². The maximum atomic E-state index is 2.45. The van der Waals surface area contributed by atoms with Crippen LogP contribution in [0, 0.1) is 0 Å². The summed E-state index contributed by atoms with van der Waals surface area (Å²) in [6.07, 6.45) is 0. The van der Waals surface area contributed by atoms with Gasteiger partial charge in [-0.1, -0.05) is 224 Å². The lowest BCUT2D eigenvalue weighted by atomic mass is 9.98. The first-order chi connectivity index (χ1) is 35.7. The van der Waals surface area contributed by atoms with Gasteiger partial charge in [-0.2, -0.15) is 0 Å². The van der Waals surface area contributed by atoms with E-state index in [0.717, 1.165) is 28.3 Å². The molecule has 0 radical (unpaired) electrons. The molecular formula is C70H48N2. The van der Waals surface area contributed by atoms with Crippen LogP contribution in [0.25, 0.3) is 105 Å². The molecular weight excluding hydrogens is 869 g/mol. The van der Waals surface area contributed by atoms with Crippen LogP contribution in [0.15, 0.2) is 291 Å². The summed E-state index contributed by atoms with van der Waals surface area (Å²) >= 11 is 0. The maximum absolute atomic E-state index is 2.45. The van der Waals surface area contributed by atoms with Gasteiger partial charge in [-0.15, -0.1) is 0 Å². The van der Waals surface area contributed by atoms with Gasteiger partial charge in [-0.25, -0.2) is 0 Å². The summed E-state index contributed by atoms with van der Waals surface area (Å²) in [6.45, 7) is 0. The molecule has 1 aromatic heterocycles. The molecule has 0 saturated carbocycles. The van der Waals surface area contributed by atoms with Crippen LogP contribution in [-0.4, -0.2) is 4.57 Å². The zero-order valence-corrected chi connectivity index (χ0v) is 39.6. The van der Waals surface area contributed by atoms with Crippen molar-refractivity contribution in [2.75, 3.05) is 4.90 Å². The molecule has 2 heteroatoms. The smallest absolute Gasteiger partial charge is 0.0541 e. The third-order valence-corrected chi connectivity index (χ3v) is 14.2. The molecule has 0 saturated heterocycles.